The molecule has 1 aromatic heterocycles. The fourth-order valence-corrected chi connectivity index (χ4v) is 4.43. The Hall–Kier alpha value is -3.86. The summed E-state index contributed by atoms with van der Waals surface area (Å²) in [6.45, 7) is 3.91. The second-order valence-electron chi connectivity index (χ2n) is 8.31. The summed E-state index contributed by atoms with van der Waals surface area (Å²) in [5.74, 6) is -0.272. The molecule has 0 saturated heterocycles. The topological polar surface area (TPSA) is 68.0 Å². The molecule has 0 atom stereocenters. The van der Waals surface area contributed by atoms with Gasteiger partial charge in [-0.25, -0.2) is 4.98 Å². The summed E-state index contributed by atoms with van der Waals surface area (Å²) in [5.41, 5.74) is 12.5. The number of nitrogen functional groups attached to an aromatic ring is 1. The van der Waals surface area contributed by atoms with Gasteiger partial charge in [-0.1, -0.05) is 65.7 Å². The molecular weight excluding hydrogens is 489 g/mol. The number of nitrogens with zero attached hydrogens (tertiary/aromatic N) is 1. The molecule has 1 heterocycles. The van der Waals surface area contributed by atoms with Gasteiger partial charge in [0.2, 0.25) is 5.91 Å². The minimum Gasteiger partial charge on any atom is -0.398 e. The minimum absolute atomic E-state index is 0.272. The minimum atomic E-state index is -0.272. The molecule has 0 radical (unpaired) electrons. The lowest BCUT2D eigenvalue weighted by Gasteiger charge is -2.10. The smallest absolute Gasteiger partial charge is 0.248 e. The van der Waals surface area contributed by atoms with Crippen LogP contribution in [0.4, 0.5) is 11.4 Å². The Balaban J connectivity index is 1.46. The number of anilines is 2. The first-order chi connectivity index (χ1) is 17.3. The van der Waals surface area contributed by atoms with Crippen LogP contribution in [0.5, 0.6) is 0 Å². The molecule has 0 unspecified atom stereocenters. The largest absolute Gasteiger partial charge is 0.398 e. The number of aryl methyl sites for hydroxylation is 1. The van der Waals surface area contributed by atoms with Crippen molar-refractivity contribution in [2.75, 3.05) is 11.1 Å². The number of rotatable bonds is 6. The molecule has 4 rings (SSSR count). The van der Waals surface area contributed by atoms with E-state index in [1.54, 1.807) is 18.2 Å². The fourth-order valence-electron chi connectivity index (χ4n) is 3.81. The monoisotopic (exact) mass is 513 g/mol. The lowest BCUT2D eigenvalue weighted by Crippen LogP contribution is -2.08. The highest BCUT2D eigenvalue weighted by Gasteiger charge is 2.10. The summed E-state index contributed by atoms with van der Waals surface area (Å²) in [7, 11) is 0. The molecule has 6 heteroatoms. The van der Waals surface area contributed by atoms with E-state index >= 15 is 0 Å². The van der Waals surface area contributed by atoms with Gasteiger partial charge >= 0.3 is 0 Å². The van der Waals surface area contributed by atoms with Crippen LogP contribution in [-0.2, 0) is 4.79 Å². The number of hydrogen-bond donors (Lipinski definition) is 2. The number of hydrogen-bond acceptors (Lipinski definition) is 3. The fraction of sp³-hybridized carbons (Fsp3) is 0.0667. The van der Waals surface area contributed by atoms with Crippen molar-refractivity contribution in [3.8, 4) is 0 Å². The van der Waals surface area contributed by atoms with Crippen LogP contribution in [0.3, 0.4) is 0 Å². The lowest BCUT2D eigenvalue weighted by molar-refractivity contribution is -0.111. The molecule has 180 valence electrons. The van der Waals surface area contributed by atoms with E-state index in [4.69, 9.17) is 33.9 Å². The first-order valence-corrected chi connectivity index (χ1v) is 12.1. The average molecular weight is 514 g/mol. The number of carbonyl (C=O) groups excluding carboxylic acids is 1. The number of halogens is 2. The molecule has 0 fully saturated rings. The zero-order valence-corrected chi connectivity index (χ0v) is 21.4. The summed E-state index contributed by atoms with van der Waals surface area (Å²) in [4.78, 5) is 17.3. The molecule has 0 spiro atoms. The molecule has 0 saturated carbocycles. The van der Waals surface area contributed by atoms with E-state index in [0.717, 1.165) is 27.7 Å². The maximum absolute atomic E-state index is 12.6. The standard InChI is InChI=1S/C30H25Cl2N3O/c1-3-21(30-26(32)17-23(31)18-27(30)33)11-14-29(36)35-25-6-4-5-20(16-25)8-12-24-13-10-22-9-7-19(2)15-28(22)34-24/h3-18H,33H2,1-2H3,(H,35,36)/b12-8+,14-11+,21-3+. The summed E-state index contributed by atoms with van der Waals surface area (Å²) >= 11 is 12.3. The van der Waals surface area contributed by atoms with E-state index in [1.165, 1.54) is 11.6 Å². The van der Waals surface area contributed by atoms with Gasteiger partial charge in [0.25, 0.3) is 0 Å². The highest BCUT2D eigenvalue weighted by atomic mass is 35.5. The van der Waals surface area contributed by atoms with Gasteiger partial charge in [0, 0.05) is 33.4 Å². The Labute approximate surface area is 220 Å². The van der Waals surface area contributed by atoms with Crippen LogP contribution < -0.4 is 11.1 Å². The number of pyridine rings is 1. The number of aromatic nitrogens is 1. The lowest BCUT2D eigenvalue weighted by atomic mass is 10.0. The molecule has 0 aliphatic carbocycles. The Morgan fingerprint density at radius 2 is 1.78 bits per heavy atom. The van der Waals surface area contributed by atoms with E-state index in [-0.39, 0.29) is 5.91 Å². The Bertz CT molecular complexity index is 1510. The van der Waals surface area contributed by atoms with Crippen LogP contribution in [-0.4, -0.2) is 10.9 Å². The van der Waals surface area contributed by atoms with Crippen molar-refractivity contribution in [2.24, 2.45) is 0 Å². The van der Waals surface area contributed by atoms with Crippen molar-refractivity contribution in [1.82, 2.24) is 4.98 Å². The number of nitrogens with two attached hydrogens (primary N) is 1. The molecule has 3 aromatic carbocycles. The second kappa shape index (κ2) is 11.3. The number of carbonyl (C=O) groups is 1. The molecular formula is C30H25Cl2N3O. The number of amides is 1. The van der Waals surface area contributed by atoms with E-state index in [9.17, 15) is 4.79 Å². The first-order valence-electron chi connectivity index (χ1n) is 11.4. The molecule has 0 aliphatic heterocycles. The van der Waals surface area contributed by atoms with Crippen molar-refractivity contribution in [2.45, 2.75) is 13.8 Å². The van der Waals surface area contributed by atoms with E-state index in [1.807, 2.05) is 55.5 Å². The normalized spacial score (nSPS) is 12.1. The molecule has 36 heavy (non-hydrogen) atoms. The average Bonchev–Trinajstić information content (AvgIpc) is 2.84. The molecule has 0 bridgehead atoms. The van der Waals surface area contributed by atoms with E-state index < -0.39 is 0 Å². The molecule has 0 aliphatic rings. The summed E-state index contributed by atoms with van der Waals surface area (Å²) in [5, 5.41) is 4.88. The molecule has 4 aromatic rings. The first kappa shape index (κ1) is 25.2. The Morgan fingerprint density at radius 3 is 2.56 bits per heavy atom. The Kier molecular flexibility index (Phi) is 7.89. The molecule has 1 amide bonds. The quantitative estimate of drug-likeness (QED) is 0.155. The van der Waals surface area contributed by atoms with Crippen LogP contribution >= 0.6 is 23.2 Å². The maximum atomic E-state index is 12.6. The van der Waals surface area contributed by atoms with Gasteiger partial charge < -0.3 is 11.1 Å². The number of fused-ring (bicyclic) bond motifs is 1. The van der Waals surface area contributed by atoms with Gasteiger partial charge in [0.1, 0.15) is 0 Å². The second-order valence-corrected chi connectivity index (χ2v) is 9.15. The van der Waals surface area contributed by atoms with Crippen LogP contribution in [0, 0.1) is 6.92 Å². The van der Waals surface area contributed by atoms with Gasteiger partial charge in [-0.05, 0) is 79.1 Å². The summed E-state index contributed by atoms with van der Waals surface area (Å²) in [6.07, 6.45) is 8.89. The van der Waals surface area contributed by atoms with Crippen LogP contribution in [0.1, 0.15) is 29.3 Å². The molecule has 3 N–H and O–H groups in total. The highest BCUT2D eigenvalue weighted by molar-refractivity contribution is 6.36. The van der Waals surface area contributed by atoms with Crippen LogP contribution in [0.15, 0.2) is 85.0 Å². The van der Waals surface area contributed by atoms with Crippen LogP contribution in [0.2, 0.25) is 10.0 Å². The summed E-state index contributed by atoms with van der Waals surface area (Å²) < 4.78 is 0. The molecule has 4 nitrogen and oxygen atoms in total. The van der Waals surface area contributed by atoms with Crippen molar-refractivity contribution >= 4 is 69.1 Å². The zero-order valence-electron chi connectivity index (χ0n) is 19.9. The van der Waals surface area contributed by atoms with E-state index in [0.29, 0.717) is 27.0 Å². The van der Waals surface area contributed by atoms with Gasteiger partial charge in [-0.3, -0.25) is 4.79 Å². The maximum Gasteiger partial charge on any atom is 0.248 e. The number of nitrogens with one attached hydrogen (secondary N) is 1. The predicted molar refractivity (Wildman–Crippen MR) is 154 cm³/mol. The van der Waals surface area contributed by atoms with E-state index in [2.05, 4.69) is 36.5 Å². The summed E-state index contributed by atoms with van der Waals surface area (Å²) in [6, 6.07) is 21.1. The number of benzene rings is 3. The van der Waals surface area contributed by atoms with Crippen molar-refractivity contribution in [3.63, 3.8) is 0 Å². The van der Waals surface area contributed by atoms with Gasteiger partial charge in [-0.15, -0.1) is 0 Å². The zero-order chi connectivity index (χ0) is 25.7. The van der Waals surface area contributed by atoms with Crippen molar-refractivity contribution in [3.05, 3.63) is 117 Å². The van der Waals surface area contributed by atoms with Gasteiger partial charge in [0.05, 0.1) is 16.2 Å². The predicted octanol–water partition coefficient (Wildman–Crippen LogP) is 8.20. The van der Waals surface area contributed by atoms with Gasteiger partial charge in [-0.2, -0.15) is 0 Å². The Morgan fingerprint density at radius 1 is 0.972 bits per heavy atom. The van der Waals surface area contributed by atoms with Crippen LogP contribution in [0.25, 0.3) is 28.6 Å². The van der Waals surface area contributed by atoms with Crippen molar-refractivity contribution < 1.29 is 4.79 Å². The third-order valence-electron chi connectivity index (χ3n) is 5.57. The third kappa shape index (κ3) is 6.22. The number of allylic oxidation sites excluding steroid dienone is 3. The van der Waals surface area contributed by atoms with Gasteiger partial charge in [0.15, 0.2) is 0 Å². The highest BCUT2D eigenvalue weighted by Crippen LogP contribution is 2.33. The SMILES string of the molecule is C/C=C(\C=C\C(=O)Nc1cccc(/C=C/c2ccc3ccc(C)cc3n2)c1)c1c(N)cc(Cl)cc1Cl. The third-order valence-corrected chi connectivity index (χ3v) is 6.09. The van der Waals surface area contributed by atoms with Crippen molar-refractivity contribution in [1.29, 1.82) is 0 Å².